The lowest BCUT2D eigenvalue weighted by Crippen LogP contribution is -2.26. The van der Waals surface area contributed by atoms with Crippen molar-refractivity contribution in [2.24, 2.45) is 0 Å². The summed E-state index contributed by atoms with van der Waals surface area (Å²) in [5.74, 6) is 2.07. The van der Waals surface area contributed by atoms with Crippen molar-refractivity contribution >= 4 is 11.8 Å². The minimum Gasteiger partial charge on any atom is -0.390 e. The molecule has 0 radical (unpaired) electrons. The van der Waals surface area contributed by atoms with E-state index in [0.717, 1.165) is 17.2 Å². The third-order valence-corrected chi connectivity index (χ3v) is 3.91. The van der Waals surface area contributed by atoms with E-state index in [1.54, 1.807) is 18.1 Å². The van der Waals surface area contributed by atoms with Gasteiger partial charge in [-0.1, -0.05) is 0 Å². The number of hydrogen-bond acceptors (Lipinski definition) is 7. The highest BCUT2D eigenvalue weighted by atomic mass is 32.2. The smallest absolute Gasteiger partial charge is 0.287 e. The second-order valence-corrected chi connectivity index (χ2v) is 5.33. The molecule has 0 amide bonds. The molecule has 1 aromatic rings. The quantitative estimate of drug-likeness (QED) is 0.307. The molecule has 1 aliphatic rings. The van der Waals surface area contributed by atoms with Crippen LogP contribution < -0.4 is 10.6 Å². The highest BCUT2D eigenvalue weighted by Gasteiger charge is 2.23. The number of nitrogens with zero attached hydrogens (tertiary/aromatic N) is 2. The Balaban J connectivity index is 1.69. The van der Waals surface area contributed by atoms with Gasteiger partial charge < -0.3 is 20.7 Å². The zero-order valence-electron chi connectivity index (χ0n) is 10.9. The maximum absolute atomic E-state index is 10.8. The second-order valence-electron chi connectivity index (χ2n) is 4.22. The van der Waals surface area contributed by atoms with E-state index in [4.69, 9.17) is 5.11 Å². The number of hydrogen-bond donors (Lipinski definition) is 4. The van der Waals surface area contributed by atoms with Crippen LogP contribution in [0.25, 0.3) is 0 Å². The molecular formula is C11H17N5O3S. The molecule has 1 aliphatic heterocycles. The van der Waals surface area contributed by atoms with Crippen molar-refractivity contribution in [1.82, 2.24) is 20.6 Å². The minimum atomic E-state index is -0.340. The van der Waals surface area contributed by atoms with E-state index in [1.165, 1.54) is 0 Å². The SMILES string of the molecule is O=[N+]([O-])C1=C(NCCSCc2[nH]cnc2CO)NCC1. The molecule has 0 bridgehead atoms. The number of aliphatic hydroxyl groups excluding tert-OH is 1. The van der Waals surface area contributed by atoms with Crippen LogP contribution in [-0.4, -0.2) is 38.8 Å². The third kappa shape index (κ3) is 3.64. The van der Waals surface area contributed by atoms with Crippen molar-refractivity contribution in [2.75, 3.05) is 18.8 Å². The molecule has 1 aromatic heterocycles. The van der Waals surface area contributed by atoms with Crippen LogP contribution in [0.3, 0.4) is 0 Å². The van der Waals surface area contributed by atoms with Crippen LogP contribution in [0.15, 0.2) is 17.8 Å². The van der Waals surface area contributed by atoms with E-state index in [1.807, 2.05) is 0 Å². The van der Waals surface area contributed by atoms with Gasteiger partial charge in [0, 0.05) is 24.6 Å². The summed E-state index contributed by atoms with van der Waals surface area (Å²) in [5, 5.41) is 25.8. The highest BCUT2D eigenvalue weighted by Crippen LogP contribution is 2.14. The van der Waals surface area contributed by atoms with Crippen LogP contribution in [0.2, 0.25) is 0 Å². The van der Waals surface area contributed by atoms with Crippen LogP contribution in [0.5, 0.6) is 0 Å². The molecule has 0 unspecified atom stereocenters. The molecule has 0 spiro atoms. The van der Waals surface area contributed by atoms with Crippen LogP contribution in [-0.2, 0) is 12.4 Å². The third-order valence-electron chi connectivity index (χ3n) is 2.92. The van der Waals surface area contributed by atoms with Gasteiger partial charge in [0.2, 0.25) is 0 Å². The summed E-state index contributed by atoms with van der Waals surface area (Å²) >= 11 is 1.67. The van der Waals surface area contributed by atoms with Crippen LogP contribution in [0.4, 0.5) is 0 Å². The molecule has 0 fully saturated rings. The van der Waals surface area contributed by atoms with Crippen molar-refractivity contribution in [3.63, 3.8) is 0 Å². The number of H-pyrrole nitrogens is 1. The summed E-state index contributed by atoms with van der Waals surface area (Å²) in [6, 6.07) is 0. The molecule has 0 atom stereocenters. The van der Waals surface area contributed by atoms with E-state index < -0.39 is 0 Å². The molecule has 20 heavy (non-hydrogen) atoms. The molecule has 0 saturated heterocycles. The first kappa shape index (κ1) is 14.7. The summed E-state index contributed by atoms with van der Waals surface area (Å²) in [7, 11) is 0. The average Bonchev–Trinajstić information content (AvgIpc) is 3.06. The number of nitro groups is 1. The summed E-state index contributed by atoms with van der Waals surface area (Å²) in [6.45, 7) is 1.19. The Labute approximate surface area is 120 Å². The molecule has 2 heterocycles. The monoisotopic (exact) mass is 299 g/mol. The molecule has 4 N–H and O–H groups in total. The van der Waals surface area contributed by atoms with E-state index in [9.17, 15) is 10.1 Å². The maximum atomic E-state index is 10.8. The average molecular weight is 299 g/mol. The van der Waals surface area contributed by atoms with Crippen LogP contribution in [0.1, 0.15) is 17.8 Å². The topological polar surface area (TPSA) is 116 Å². The number of aromatic amines is 1. The molecule has 110 valence electrons. The standard InChI is InChI=1S/C11H17N5O3S/c17-5-8-9(15-7-14-8)6-20-4-3-13-11-10(16(18)19)1-2-12-11/h7,12-13,17H,1-6H2,(H,14,15). The first-order chi connectivity index (χ1) is 9.72. The van der Waals surface area contributed by atoms with Gasteiger partial charge in [0.15, 0.2) is 5.82 Å². The number of rotatable bonds is 8. The fraction of sp³-hybridized carbons (Fsp3) is 0.545. The number of imidazole rings is 1. The van der Waals surface area contributed by atoms with Crippen molar-refractivity contribution in [3.05, 3.63) is 39.3 Å². The lowest BCUT2D eigenvalue weighted by molar-refractivity contribution is -0.427. The predicted molar refractivity (Wildman–Crippen MR) is 75.3 cm³/mol. The Kier molecular flexibility index (Phi) is 5.24. The van der Waals surface area contributed by atoms with Crippen LogP contribution in [0, 0.1) is 10.1 Å². The van der Waals surface area contributed by atoms with Crippen molar-refractivity contribution < 1.29 is 10.0 Å². The zero-order chi connectivity index (χ0) is 14.4. The maximum Gasteiger partial charge on any atom is 0.287 e. The number of aliphatic hydroxyl groups is 1. The normalized spacial score (nSPS) is 14.4. The second kappa shape index (κ2) is 7.15. The van der Waals surface area contributed by atoms with Gasteiger partial charge in [0.05, 0.1) is 35.7 Å². The zero-order valence-corrected chi connectivity index (χ0v) is 11.7. The summed E-state index contributed by atoms with van der Waals surface area (Å²) in [5.41, 5.74) is 1.81. The van der Waals surface area contributed by atoms with Gasteiger partial charge in [0.1, 0.15) is 0 Å². The van der Waals surface area contributed by atoms with Gasteiger partial charge in [-0.2, -0.15) is 11.8 Å². The first-order valence-corrected chi connectivity index (χ1v) is 7.43. The van der Waals surface area contributed by atoms with Gasteiger partial charge >= 0.3 is 0 Å². The summed E-state index contributed by atoms with van der Waals surface area (Å²) in [4.78, 5) is 17.4. The Morgan fingerprint density at radius 1 is 1.60 bits per heavy atom. The van der Waals surface area contributed by atoms with E-state index in [2.05, 4.69) is 20.6 Å². The van der Waals surface area contributed by atoms with Crippen molar-refractivity contribution in [3.8, 4) is 0 Å². The largest absolute Gasteiger partial charge is 0.390 e. The molecule has 2 rings (SSSR count). The summed E-state index contributed by atoms with van der Waals surface area (Å²) < 4.78 is 0. The Bertz CT molecular complexity index is 502. The Hall–Kier alpha value is -1.74. The Morgan fingerprint density at radius 2 is 2.45 bits per heavy atom. The Morgan fingerprint density at radius 3 is 3.20 bits per heavy atom. The van der Waals surface area contributed by atoms with E-state index >= 15 is 0 Å². The molecule has 9 heteroatoms. The van der Waals surface area contributed by atoms with Crippen molar-refractivity contribution in [1.29, 1.82) is 0 Å². The van der Waals surface area contributed by atoms with Gasteiger partial charge in [0.25, 0.3) is 5.70 Å². The summed E-state index contributed by atoms with van der Waals surface area (Å²) in [6.07, 6.45) is 2.02. The van der Waals surface area contributed by atoms with Crippen LogP contribution >= 0.6 is 11.8 Å². The number of thioether (sulfide) groups is 1. The molecular weight excluding hydrogens is 282 g/mol. The minimum absolute atomic E-state index is 0.0688. The van der Waals surface area contributed by atoms with E-state index in [-0.39, 0.29) is 17.2 Å². The number of aromatic nitrogens is 2. The lowest BCUT2D eigenvalue weighted by atomic mass is 10.4. The van der Waals surface area contributed by atoms with Crippen molar-refractivity contribution in [2.45, 2.75) is 18.8 Å². The molecule has 0 aromatic carbocycles. The fourth-order valence-electron chi connectivity index (χ4n) is 1.91. The molecule has 0 aliphatic carbocycles. The van der Waals surface area contributed by atoms with Gasteiger partial charge in [-0.05, 0) is 0 Å². The first-order valence-electron chi connectivity index (χ1n) is 6.27. The van der Waals surface area contributed by atoms with Gasteiger partial charge in [-0.3, -0.25) is 10.1 Å². The molecule has 8 nitrogen and oxygen atoms in total. The predicted octanol–water partition coefficient (Wildman–Crippen LogP) is 0.164. The molecule has 0 saturated carbocycles. The van der Waals surface area contributed by atoms with Gasteiger partial charge in [-0.25, -0.2) is 4.98 Å². The highest BCUT2D eigenvalue weighted by molar-refractivity contribution is 7.98. The van der Waals surface area contributed by atoms with Gasteiger partial charge in [-0.15, -0.1) is 0 Å². The fourth-order valence-corrected chi connectivity index (χ4v) is 2.76. The number of nitrogens with one attached hydrogen (secondary N) is 3. The van der Waals surface area contributed by atoms with E-state index in [0.29, 0.717) is 31.0 Å². The lowest BCUT2D eigenvalue weighted by Gasteiger charge is -2.07.